The highest BCUT2D eigenvalue weighted by molar-refractivity contribution is 5.90. The molecule has 0 aliphatic heterocycles. The number of carboxylic acid groups (broad SMARTS) is 1. The Balaban J connectivity index is 2.26. The first kappa shape index (κ1) is 10.9. The van der Waals surface area contributed by atoms with E-state index >= 15 is 0 Å². The molecule has 0 spiro atoms. The Morgan fingerprint density at radius 1 is 1.35 bits per heavy atom. The molecule has 0 saturated heterocycles. The summed E-state index contributed by atoms with van der Waals surface area (Å²) in [6, 6.07) is 8.19. The molecule has 1 heterocycles. The average molecular weight is 229 g/mol. The number of rotatable bonds is 3. The van der Waals surface area contributed by atoms with Crippen molar-refractivity contribution in [1.82, 2.24) is 4.98 Å². The number of hydrogen-bond donors (Lipinski definition) is 3. The predicted molar refractivity (Wildman–Crippen MR) is 65.3 cm³/mol. The van der Waals surface area contributed by atoms with Crippen molar-refractivity contribution < 1.29 is 9.90 Å². The van der Waals surface area contributed by atoms with Gasteiger partial charge in [0.1, 0.15) is 0 Å². The van der Waals surface area contributed by atoms with Crippen molar-refractivity contribution in [2.45, 2.75) is 0 Å². The number of aromatic nitrogens is 1. The molecule has 1 aromatic carbocycles. The van der Waals surface area contributed by atoms with Gasteiger partial charge in [0.25, 0.3) is 0 Å². The van der Waals surface area contributed by atoms with Gasteiger partial charge in [0, 0.05) is 6.20 Å². The molecule has 17 heavy (non-hydrogen) atoms. The molecule has 0 saturated carbocycles. The highest BCUT2D eigenvalue weighted by Gasteiger charge is 2.06. The summed E-state index contributed by atoms with van der Waals surface area (Å²) in [7, 11) is 0. The van der Waals surface area contributed by atoms with E-state index < -0.39 is 5.97 Å². The van der Waals surface area contributed by atoms with Crippen molar-refractivity contribution in [3.8, 4) is 0 Å². The van der Waals surface area contributed by atoms with E-state index in [0.29, 0.717) is 11.4 Å². The third-order valence-electron chi connectivity index (χ3n) is 2.24. The van der Waals surface area contributed by atoms with Gasteiger partial charge in [0.2, 0.25) is 0 Å². The lowest BCUT2D eigenvalue weighted by atomic mass is 10.1. The molecule has 0 aliphatic carbocycles. The number of carbonyl (C=O) groups is 1. The van der Waals surface area contributed by atoms with Crippen LogP contribution in [0.4, 0.5) is 17.1 Å². The number of nitrogens with one attached hydrogen (secondary N) is 1. The summed E-state index contributed by atoms with van der Waals surface area (Å²) in [5.74, 6) is -0.996. The third kappa shape index (κ3) is 2.52. The van der Waals surface area contributed by atoms with Gasteiger partial charge in [-0.25, -0.2) is 4.79 Å². The average Bonchev–Trinajstić information content (AvgIpc) is 2.33. The second kappa shape index (κ2) is 4.52. The molecule has 86 valence electrons. The number of carboxylic acids is 1. The largest absolute Gasteiger partial charge is 0.478 e. The lowest BCUT2D eigenvalue weighted by molar-refractivity contribution is 0.0697. The van der Waals surface area contributed by atoms with E-state index in [4.69, 9.17) is 10.8 Å². The predicted octanol–water partition coefficient (Wildman–Crippen LogP) is 2.11. The molecule has 0 amide bonds. The molecule has 0 bridgehead atoms. The Kier molecular flexibility index (Phi) is 2.91. The Morgan fingerprint density at radius 3 is 2.76 bits per heavy atom. The van der Waals surface area contributed by atoms with Crippen LogP contribution in [0.1, 0.15) is 10.4 Å². The molecule has 0 atom stereocenters. The highest BCUT2D eigenvalue weighted by atomic mass is 16.4. The zero-order valence-corrected chi connectivity index (χ0v) is 8.92. The maximum absolute atomic E-state index is 10.7. The van der Waals surface area contributed by atoms with E-state index in [1.807, 2.05) is 6.07 Å². The molecule has 0 radical (unpaired) electrons. The van der Waals surface area contributed by atoms with Gasteiger partial charge >= 0.3 is 5.97 Å². The van der Waals surface area contributed by atoms with Gasteiger partial charge in [-0.3, -0.25) is 4.98 Å². The van der Waals surface area contributed by atoms with Gasteiger partial charge in [-0.2, -0.15) is 0 Å². The fourth-order valence-corrected chi connectivity index (χ4v) is 1.40. The van der Waals surface area contributed by atoms with E-state index in [0.717, 1.165) is 5.69 Å². The lowest BCUT2D eigenvalue weighted by Gasteiger charge is -2.09. The standard InChI is InChI=1S/C12H11N3O2/c13-10-6-8(12(16)17)3-4-11(10)15-9-2-1-5-14-7-9/h1-7,15H,13H2,(H,16,17). The zero-order chi connectivity index (χ0) is 12.3. The van der Waals surface area contributed by atoms with Crippen molar-refractivity contribution in [2.24, 2.45) is 0 Å². The summed E-state index contributed by atoms with van der Waals surface area (Å²) in [5.41, 5.74) is 7.76. The molecule has 5 heteroatoms. The zero-order valence-electron chi connectivity index (χ0n) is 8.92. The Bertz CT molecular complexity index is 541. The van der Waals surface area contributed by atoms with Crippen molar-refractivity contribution in [2.75, 3.05) is 11.1 Å². The fraction of sp³-hybridized carbons (Fsp3) is 0. The molecule has 1 aromatic heterocycles. The smallest absolute Gasteiger partial charge is 0.335 e. The first-order valence-electron chi connectivity index (χ1n) is 4.96. The van der Waals surface area contributed by atoms with E-state index in [2.05, 4.69) is 10.3 Å². The van der Waals surface area contributed by atoms with E-state index in [-0.39, 0.29) is 5.56 Å². The van der Waals surface area contributed by atoms with Gasteiger partial charge in [-0.15, -0.1) is 0 Å². The Labute approximate surface area is 97.9 Å². The topological polar surface area (TPSA) is 88.2 Å². The van der Waals surface area contributed by atoms with Crippen LogP contribution in [0.2, 0.25) is 0 Å². The molecular weight excluding hydrogens is 218 g/mol. The van der Waals surface area contributed by atoms with Crippen LogP contribution < -0.4 is 11.1 Å². The molecule has 2 rings (SSSR count). The number of pyridine rings is 1. The molecule has 5 nitrogen and oxygen atoms in total. The van der Waals surface area contributed by atoms with Crippen molar-refractivity contribution in [3.05, 3.63) is 48.3 Å². The maximum Gasteiger partial charge on any atom is 0.335 e. The van der Waals surface area contributed by atoms with Crippen molar-refractivity contribution in [3.63, 3.8) is 0 Å². The highest BCUT2D eigenvalue weighted by Crippen LogP contribution is 2.23. The van der Waals surface area contributed by atoms with Gasteiger partial charge in [0.15, 0.2) is 0 Å². The summed E-state index contributed by atoms with van der Waals surface area (Å²) in [4.78, 5) is 14.7. The van der Waals surface area contributed by atoms with Crippen LogP contribution in [0, 0.1) is 0 Å². The summed E-state index contributed by atoms with van der Waals surface area (Å²) in [6.45, 7) is 0. The summed E-state index contributed by atoms with van der Waals surface area (Å²) < 4.78 is 0. The minimum Gasteiger partial charge on any atom is -0.478 e. The number of nitrogens with zero attached hydrogens (tertiary/aromatic N) is 1. The van der Waals surface area contributed by atoms with E-state index in [1.165, 1.54) is 12.1 Å². The van der Waals surface area contributed by atoms with Crippen LogP contribution in [0.3, 0.4) is 0 Å². The fourth-order valence-electron chi connectivity index (χ4n) is 1.40. The Hall–Kier alpha value is -2.56. The number of benzene rings is 1. The molecule has 4 N–H and O–H groups in total. The van der Waals surface area contributed by atoms with E-state index in [9.17, 15) is 4.79 Å². The number of aromatic carboxylic acids is 1. The first-order valence-corrected chi connectivity index (χ1v) is 4.96. The number of hydrogen-bond acceptors (Lipinski definition) is 4. The number of nitrogens with two attached hydrogens (primary N) is 1. The summed E-state index contributed by atoms with van der Waals surface area (Å²) in [6.07, 6.45) is 3.33. The van der Waals surface area contributed by atoms with Crippen LogP contribution in [-0.4, -0.2) is 16.1 Å². The van der Waals surface area contributed by atoms with Crippen molar-refractivity contribution >= 4 is 23.0 Å². The monoisotopic (exact) mass is 229 g/mol. The lowest BCUT2D eigenvalue weighted by Crippen LogP contribution is -2.01. The minimum atomic E-state index is -0.996. The van der Waals surface area contributed by atoms with Gasteiger partial charge in [-0.05, 0) is 30.3 Å². The first-order chi connectivity index (χ1) is 8.16. The van der Waals surface area contributed by atoms with Crippen LogP contribution in [0.15, 0.2) is 42.7 Å². The second-order valence-electron chi connectivity index (χ2n) is 3.47. The number of anilines is 3. The molecular formula is C12H11N3O2. The molecule has 0 unspecified atom stereocenters. The summed E-state index contributed by atoms with van der Waals surface area (Å²) >= 11 is 0. The summed E-state index contributed by atoms with van der Waals surface area (Å²) in [5, 5.41) is 11.9. The van der Waals surface area contributed by atoms with Gasteiger partial charge < -0.3 is 16.2 Å². The molecule has 2 aromatic rings. The number of nitrogen functional groups attached to an aromatic ring is 1. The maximum atomic E-state index is 10.7. The van der Waals surface area contributed by atoms with Crippen molar-refractivity contribution in [1.29, 1.82) is 0 Å². The van der Waals surface area contributed by atoms with E-state index in [1.54, 1.807) is 24.5 Å². The van der Waals surface area contributed by atoms with Gasteiger partial charge in [0.05, 0.1) is 28.8 Å². The SMILES string of the molecule is Nc1cc(C(=O)O)ccc1Nc1cccnc1. The van der Waals surface area contributed by atoms with Crippen LogP contribution >= 0.6 is 0 Å². The normalized spacial score (nSPS) is 9.88. The van der Waals surface area contributed by atoms with Crippen LogP contribution in [0.25, 0.3) is 0 Å². The second-order valence-corrected chi connectivity index (χ2v) is 3.47. The minimum absolute atomic E-state index is 0.166. The third-order valence-corrected chi connectivity index (χ3v) is 2.24. The van der Waals surface area contributed by atoms with Crippen LogP contribution in [0.5, 0.6) is 0 Å². The van der Waals surface area contributed by atoms with Crippen LogP contribution in [-0.2, 0) is 0 Å². The van der Waals surface area contributed by atoms with Gasteiger partial charge in [-0.1, -0.05) is 0 Å². The quantitative estimate of drug-likeness (QED) is 0.701. The Morgan fingerprint density at radius 2 is 2.18 bits per heavy atom. The molecule has 0 aliphatic rings. The molecule has 0 fully saturated rings.